The molecule has 0 radical (unpaired) electrons. The molecule has 0 heterocycles. The van der Waals surface area contributed by atoms with Crippen LogP contribution in [-0.2, 0) is 4.74 Å². The van der Waals surface area contributed by atoms with E-state index in [0.717, 1.165) is 25.0 Å². The van der Waals surface area contributed by atoms with Gasteiger partial charge in [-0.25, -0.2) is 0 Å². The maximum absolute atomic E-state index is 6.01. The van der Waals surface area contributed by atoms with Crippen molar-refractivity contribution in [1.82, 2.24) is 0 Å². The molecular weight excluding hydrogens is 472 g/mol. The minimum Gasteiger partial charge on any atom is -0.381 e. The highest BCUT2D eigenvalue weighted by atomic mass is 16.5. The Morgan fingerprint density at radius 1 is 0.308 bits per heavy atom. The summed E-state index contributed by atoms with van der Waals surface area (Å²) in [6.07, 6.45) is 43.1. The highest BCUT2D eigenvalue weighted by Gasteiger charge is 2.05. The summed E-state index contributed by atoms with van der Waals surface area (Å²) in [4.78, 5) is 0. The maximum Gasteiger partial charge on any atom is 0.0468 e. The Morgan fingerprint density at radius 2 is 0.538 bits per heavy atom. The van der Waals surface area contributed by atoms with Gasteiger partial charge >= 0.3 is 0 Å². The van der Waals surface area contributed by atoms with E-state index in [9.17, 15) is 0 Å². The fourth-order valence-electron chi connectivity index (χ4n) is 5.98. The summed E-state index contributed by atoms with van der Waals surface area (Å²) in [6, 6.07) is 0. The summed E-state index contributed by atoms with van der Waals surface area (Å²) in [5, 5.41) is 0. The fraction of sp³-hybridized carbons (Fsp3) is 1.00. The SMILES string of the molecule is CCCCCCCCCCCCCCCC(C)CCOCCC(C)CCCCCCCCCCCCCCC. The van der Waals surface area contributed by atoms with E-state index in [1.54, 1.807) is 0 Å². The van der Waals surface area contributed by atoms with Crippen molar-refractivity contribution in [2.45, 2.75) is 220 Å². The van der Waals surface area contributed by atoms with Crippen molar-refractivity contribution >= 4 is 0 Å². The molecule has 0 amide bonds. The molecule has 0 aliphatic carbocycles. The van der Waals surface area contributed by atoms with Gasteiger partial charge < -0.3 is 4.74 Å². The zero-order chi connectivity index (χ0) is 28.5. The molecule has 0 aromatic carbocycles. The van der Waals surface area contributed by atoms with Crippen LogP contribution in [0.3, 0.4) is 0 Å². The molecule has 0 N–H and O–H groups in total. The van der Waals surface area contributed by atoms with Crippen molar-refractivity contribution in [3.05, 3.63) is 0 Å². The summed E-state index contributed by atoms with van der Waals surface area (Å²) in [6.45, 7) is 11.4. The van der Waals surface area contributed by atoms with Crippen LogP contribution in [0.1, 0.15) is 220 Å². The molecule has 1 nitrogen and oxygen atoms in total. The molecule has 0 fully saturated rings. The lowest BCUT2D eigenvalue weighted by Gasteiger charge is -2.14. The zero-order valence-corrected chi connectivity index (χ0v) is 28.2. The van der Waals surface area contributed by atoms with E-state index in [1.807, 2.05) is 0 Å². The Kier molecular flexibility index (Phi) is 34.1. The average Bonchev–Trinajstić information content (AvgIpc) is 2.93. The highest BCUT2D eigenvalue weighted by molar-refractivity contribution is 4.57. The molecule has 0 rings (SSSR count). The minimum absolute atomic E-state index is 0.834. The second-order valence-corrected chi connectivity index (χ2v) is 13.5. The van der Waals surface area contributed by atoms with Crippen LogP contribution in [0.2, 0.25) is 0 Å². The lowest BCUT2D eigenvalue weighted by molar-refractivity contribution is 0.108. The number of hydrogen-bond acceptors (Lipinski definition) is 1. The van der Waals surface area contributed by atoms with Crippen molar-refractivity contribution in [3.63, 3.8) is 0 Å². The maximum atomic E-state index is 6.01. The first-order valence-corrected chi connectivity index (χ1v) is 18.8. The van der Waals surface area contributed by atoms with Gasteiger partial charge in [0.25, 0.3) is 0 Å². The summed E-state index contributed by atoms with van der Waals surface area (Å²) < 4.78 is 6.01. The van der Waals surface area contributed by atoms with E-state index in [0.29, 0.717) is 0 Å². The highest BCUT2D eigenvalue weighted by Crippen LogP contribution is 2.18. The standard InChI is InChI=1S/C38H78O/c1-5-7-9-11-13-15-17-19-21-23-25-27-29-31-37(3)33-35-39-36-34-38(4)32-30-28-26-24-22-20-18-16-14-12-10-8-6-2/h37-38H,5-36H2,1-4H3. The minimum atomic E-state index is 0.834. The molecule has 0 bridgehead atoms. The monoisotopic (exact) mass is 551 g/mol. The van der Waals surface area contributed by atoms with E-state index in [1.165, 1.54) is 193 Å². The zero-order valence-electron chi connectivity index (χ0n) is 28.2. The Balaban J connectivity index is 3.25. The normalized spacial score (nSPS) is 13.2. The van der Waals surface area contributed by atoms with Gasteiger partial charge in [0.2, 0.25) is 0 Å². The van der Waals surface area contributed by atoms with E-state index in [4.69, 9.17) is 4.74 Å². The number of hydrogen-bond donors (Lipinski definition) is 0. The Morgan fingerprint density at radius 3 is 0.795 bits per heavy atom. The van der Waals surface area contributed by atoms with Crippen LogP contribution in [0.5, 0.6) is 0 Å². The van der Waals surface area contributed by atoms with Crippen LogP contribution in [-0.4, -0.2) is 13.2 Å². The lowest BCUT2D eigenvalue weighted by Crippen LogP contribution is -2.06. The molecule has 0 saturated carbocycles. The quantitative estimate of drug-likeness (QED) is 0.0724. The molecule has 2 atom stereocenters. The van der Waals surface area contributed by atoms with E-state index >= 15 is 0 Å². The summed E-state index contributed by atoms with van der Waals surface area (Å²) in [7, 11) is 0. The van der Waals surface area contributed by atoms with Crippen LogP contribution in [0.15, 0.2) is 0 Å². The molecule has 0 spiro atoms. The first kappa shape index (κ1) is 39.0. The molecule has 0 aromatic heterocycles. The fourth-order valence-corrected chi connectivity index (χ4v) is 5.98. The van der Waals surface area contributed by atoms with Gasteiger partial charge in [-0.05, 0) is 24.7 Å². The second kappa shape index (κ2) is 34.2. The van der Waals surface area contributed by atoms with E-state index in [-0.39, 0.29) is 0 Å². The van der Waals surface area contributed by atoms with Gasteiger partial charge in [-0.2, -0.15) is 0 Å². The van der Waals surface area contributed by atoms with Gasteiger partial charge in [-0.1, -0.05) is 207 Å². The molecule has 0 aliphatic heterocycles. The first-order chi connectivity index (χ1) is 19.2. The Labute approximate surface area is 249 Å². The number of ether oxygens (including phenoxy) is 1. The van der Waals surface area contributed by atoms with Crippen LogP contribution in [0.25, 0.3) is 0 Å². The van der Waals surface area contributed by atoms with Crippen molar-refractivity contribution in [2.75, 3.05) is 13.2 Å². The van der Waals surface area contributed by atoms with Gasteiger partial charge in [-0.3, -0.25) is 0 Å². The van der Waals surface area contributed by atoms with E-state index in [2.05, 4.69) is 27.7 Å². The van der Waals surface area contributed by atoms with Gasteiger partial charge in [-0.15, -0.1) is 0 Å². The van der Waals surface area contributed by atoms with Crippen LogP contribution >= 0.6 is 0 Å². The molecule has 0 saturated heterocycles. The number of unbranched alkanes of at least 4 members (excludes halogenated alkanes) is 24. The summed E-state index contributed by atoms with van der Waals surface area (Å²) >= 11 is 0. The largest absolute Gasteiger partial charge is 0.381 e. The molecule has 0 aromatic rings. The van der Waals surface area contributed by atoms with Crippen molar-refractivity contribution < 1.29 is 4.74 Å². The first-order valence-electron chi connectivity index (χ1n) is 18.8. The molecule has 236 valence electrons. The Hall–Kier alpha value is -0.0400. The third kappa shape index (κ3) is 34.1. The molecular formula is C38H78O. The summed E-state index contributed by atoms with van der Waals surface area (Å²) in [5.41, 5.74) is 0. The van der Waals surface area contributed by atoms with Crippen LogP contribution in [0.4, 0.5) is 0 Å². The summed E-state index contributed by atoms with van der Waals surface area (Å²) in [5.74, 6) is 1.67. The Bertz CT molecular complexity index is 381. The lowest BCUT2D eigenvalue weighted by atomic mass is 9.98. The molecule has 2 unspecified atom stereocenters. The van der Waals surface area contributed by atoms with Crippen molar-refractivity contribution in [3.8, 4) is 0 Å². The number of rotatable bonds is 34. The van der Waals surface area contributed by atoms with Gasteiger partial charge in [0.1, 0.15) is 0 Å². The van der Waals surface area contributed by atoms with Crippen LogP contribution in [0, 0.1) is 11.8 Å². The van der Waals surface area contributed by atoms with Gasteiger partial charge in [0.05, 0.1) is 0 Å². The molecule has 0 aliphatic rings. The average molecular weight is 551 g/mol. The predicted molar refractivity (Wildman–Crippen MR) is 179 cm³/mol. The smallest absolute Gasteiger partial charge is 0.0468 e. The third-order valence-corrected chi connectivity index (χ3v) is 9.11. The van der Waals surface area contributed by atoms with Crippen molar-refractivity contribution in [1.29, 1.82) is 0 Å². The molecule has 39 heavy (non-hydrogen) atoms. The topological polar surface area (TPSA) is 9.23 Å². The van der Waals surface area contributed by atoms with Gasteiger partial charge in [0, 0.05) is 13.2 Å². The van der Waals surface area contributed by atoms with Gasteiger partial charge in [0.15, 0.2) is 0 Å². The molecule has 1 heteroatoms. The third-order valence-electron chi connectivity index (χ3n) is 9.11. The predicted octanol–water partition coefficient (Wildman–Crippen LogP) is 14.0. The van der Waals surface area contributed by atoms with E-state index < -0.39 is 0 Å². The van der Waals surface area contributed by atoms with Crippen LogP contribution < -0.4 is 0 Å². The second-order valence-electron chi connectivity index (χ2n) is 13.5. The van der Waals surface area contributed by atoms with Crippen molar-refractivity contribution in [2.24, 2.45) is 11.8 Å².